The van der Waals surface area contributed by atoms with Crippen LogP contribution in [0.3, 0.4) is 0 Å². The molecule has 0 spiro atoms. The molecule has 3 N–H and O–H groups in total. The average Bonchev–Trinajstić information content (AvgIpc) is 2.24. The van der Waals surface area contributed by atoms with E-state index >= 15 is 0 Å². The van der Waals surface area contributed by atoms with Gasteiger partial charge in [-0.05, 0) is 24.1 Å². The van der Waals surface area contributed by atoms with Crippen molar-refractivity contribution in [3.8, 4) is 5.75 Å². The molecule has 0 saturated heterocycles. The second kappa shape index (κ2) is 4.89. The minimum Gasteiger partial charge on any atom is -0.503 e. The molecule has 1 rings (SSSR count). The maximum Gasteiger partial charge on any atom is 0.322 e. The summed E-state index contributed by atoms with van der Waals surface area (Å²) in [6.45, 7) is 0. The molecule has 6 heteroatoms. The Morgan fingerprint density at radius 1 is 1.50 bits per heavy atom. The largest absolute Gasteiger partial charge is 0.503 e. The zero-order valence-corrected chi connectivity index (χ0v) is 8.54. The number of methoxy groups -OCH3 is 1. The molecule has 88 valence electrons. The van der Waals surface area contributed by atoms with Gasteiger partial charge in [0.25, 0.3) is 0 Å². The minimum absolute atomic E-state index is 0.0687. The fourth-order valence-corrected chi connectivity index (χ4v) is 1.22. The van der Waals surface area contributed by atoms with Gasteiger partial charge in [-0.1, -0.05) is 0 Å². The molecule has 0 saturated carbocycles. The fourth-order valence-electron chi connectivity index (χ4n) is 1.22. The number of hydrogen-bond donors (Lipinski definition) is 2. The van der Waals surface area contributed by atoms with E-state index in [4.69, 9.17) is 10.8 Å². The van der Waals surface area contributed by atoms with Gasteiger partial charge < -0.3 is 15.6 Å². The Bertz CT molecular complexity index is 386. The third kappa shape index (κ3) is 2.66. The van der Waals surface area contributed by atoms with Crippen molar-refractivity contribution in [1.82, 2.24) is 0 Å². The number of phenols is 1. The lowest BCUT2D eigenvalue weighted by Crippen LogP contribution is -2.33. The van der Waals surface area contributed by atoms with Crippen LogP contribution in [0.2, 0.25) is 0 Å². The Morgan fingerprint density at radius 3 is 2.44 bits per heavy atom. The quantitative estimate of drug-likeness (QED) is 0.751. The first-order valence-electron chi connectivity index (χ1n) is 4.46. The lowest BCUT2D eigenvalue weighted by molar-refractivity contribution is -0.142. The van der Waals surface area contributed by atoms with Crippen LogP contribution in [0, 0.1) is 11.6 Å². The lowest BCUT2D eigenvalue weighted by Gasteiger charge is -2.09. The molecular formula is C10H11F2NO3. The summed E-state index contributed by atoms with van der Waals surface area (Å²) in [6, 6.07) is 0.843. The molecule has 0 bridgehead atoms. The summed E-state index contributed by atoms with van der Waals surface area (Å²) in [6.07, 6.45) is -0.0687. The average molecular weight is 231 g/mol. The minimum atomic E-state index is -1.09. The number of aromatic hydroxyl groups is 1. The molecule has 0 fully saturated rings. The molecule has 0 aliphatic heterocycles. The van der Waals surface area contributed by atoms with Gasteiger partial charge >= 0.3 is 5.97 Å². The highest BCUT2D eigenvalue weighted by Gasteiger charge is 2.17. The van der Waals surface area contributed by atoms with E-state index in [1.54, 1.807) is 0 Å². The maximum absolute atomic E-state index is 12.9. The van der Waals surface area contributed by atoms with Gasteiger partial charge in [0.2, 0.25) is 0 Å². The van der Waals surface area contributed by atoms with Gasteiger partial charge in [0.1, 0.15) is 6.04 Å². The van der Waals surface area contributed by atoms with Crippen LogP contribution in [0.4, 0.5) is 8.78 Å². The van der Waals surface area contributed by atoms with Crippen LogP contribution >= 0.6 is 0 Å². The van der Waals surface area contributed by atoms with Crippen molar-refractivity contribution in [3.63, 3.8) is 0 Å². The first-order chi connectivity index (χ1) is 7.45. The van der Waals surface area contributed by atoms with Crippen molar-refractivity contribution in [2.24, 2.45) is 5.73 Å². The monoisotopic (exact) mass is 231 g/mol. The Kier molecular flexibility index (Phi) is 3.78. The molecule has 0 aliphatic carbocycles. The highest BCUT2D eigenvalue weighted by molar-refractivity contribution is 5.75. The Hall–Kier alpha value is -1.69. The molecule has 0 heterocycles. The van der Waals surface area contributed by atoms with Crippen LogP contribution < -0.4 is 5.73 Å². The summed E-state index contributed by atoms with van der Waals surface area (Å²) in [4.78, 5) is 11.0. The molecule has 0 radical (unpaired) electrons. The number of carbonyl (C=O) groups excluding carboxylic acids is 1. The van der Waals surface area contributed by atoms with Crippen LogP contribution in [0.1, 0.15) is 5.56 Å². The van der Waals surface area contributed by atoms with E-state index in [1.807, 2.05) is 0 Å². The smallest absolute Gasteiger partial charge is 0.322 e. The third-order valence-corrected chi connectivity index (χ3v) is 2.04. The second-order valence-corrected chi connectivity index (χ2v) is 3.24. The first kappa shape index (κ1) is 12.4. The number of ether oxygens (including phenoxy) is 1. The summed E-state index contributed by atoms with van der Waals surface area (Å²) in [5, 5.41) is 8.85. The van der Waals surface area contributed by atoms with Gasteiger partial charge in [-0.25, -0.2) is 8.78 Å². The predicted molar refractivity (Wildman–Crippen MR) is 51.7 cm³/mol. The van der Waals surface area contributed by atoms with Gasteiger partial charge in [0.05, 0.1) is 7.11 Å². The number of phenolic OH excluding ortho intramolecular Hbond substituents is 1. The first-order valence-corrected chi connectivity index (χ1v) is 4.46. The molecule has 16 heavy (non-hydrogen) atoms. The lowest BCUT2D eigenvalue weighted by atomic mass is 10.1. The number of benzene rings is 1. The molecule has 4 nitrogen and oxygen atoms in total. The number of esters is 1. The van der Waals surface area contributed by atoms with Crippen LogP contribution in [0.5, 0.6) is 5.75 Å². The molecular weight excluding hydrogens is 220 g/mol. The van der Waals surface area contributed by atoms with Gasteiger partial charge in [0.15, 0.2) is 17.4 Å². The number of rotatable bonds is 3. The van der Waals surface area contributed by atoms with Crippen LogP contribution in [0.25, 0.3) is 0 Å². The van der Waals surface area contributed by atoms with Gasteiger partial charge in [0, 0.05) is 0 Å². The van der Waals surface area contributed by atoms with E-state index in [1.165, 1.54) is 7.11 Å². The van der Waals surface area contributed by atoms with E-state index in [2.05, 4.69) is 4.74 Å². The molecule has 0 aliphatic rings. The van der Waals surface area contributed by atoms with Gasteiger partial charge in [-0.2, -0.15) is 0 Å². The molecule has 0 aromatic heterocycles. The summed E-state index contributed by atoms with van der Waals surface area (Å²) < 4.78 is 30.2. The fraction of sp³-hybridized carbons (Fsp3) is 0.300. The van der Waals surface area contributed by atoms with Gasteiger partial charge in [-0.15, -0.1) is 0 Å². The zero-order valence-electron chi connectivity index (χ0n) is 8.54. The zero-order chi connectivity index (χ0) is 12.3. The highest BCUT2D eigenvalue weighted by Crippen LogP contribution is 2.21. The summed E-state index contributed by atoms with van der Waals surface area (Å²) in [5.74, 6) is -3.90. The van der Waals surface area contributed by atoms with Crippen LogP contribution in [0.15, 0.2) is 12.1 Å². The summed E-state index contributed by atoms with van der Waals surface area (Å²) in [5.41, 5.74) is 5.59. The Morgan fingerprint density at radius 2 is 2.00 bits per heavy atom. The summed E-state index contributed by atoms with van der Waals surface area (Å²) >= 11 is 0. The molecule has 0 unspecified atom stereocenters. The topological polar surface area (TPSA) is 72.5 Å². The molecule has 1 aromatic carbocycles. The molecule has 1 atom stereocenters. The predicted octanol–water partition coefficient (Wildman–Crippen LogP) is 0.713. The number of carbonyl (C=O) groups is 1. The van der Waals surface area contributed by atoms with E-state index in [9.17, 15) is 13.6 Å². The van der Waals surface area contributed by atoms with Crippen LogP contribution in [-0.2, 0) is 16.0 Å². The van der Waals surface area contributed by atoms with Crippen molar-refractivity contribution < 1.29 is 23.4 Å². The summed E-state index contributed by atoms with van der Waals surface area (Å²) in [7, 11) is 1.17. The Balaban J connectivity index is 2.86. The normalized spacial score (nSPS) is 12.2. The van der Waals surface area contributed by atoms with E-state index in [0.29, 0.717) is 0 Å². The third-order valence-electron chi connectivity index (χ3n) is 2.04. The van der Waals surface area contributed by atoms with Crippen molar-refractivity contribution in [1.29, 1.82) is 0 Å². The van der Waals surface area contributed by atoms with E-state index in [0.717, 1.165) is 12.1 Å². The second-order valence-electron chi connectivity index (χ2n) is 3.24. The molecule has 1 aromatic rings. The van der Waals surface area contributed by atoms with Crippen molar-refractivity contribution in [2.45, 2.75) is 12.5 Å². The highest BCUT2D eigenvalue weighted by atomic mass is 19.1. The number of hydrogen-bond acceptors (Lipinski definition) is 4. The van der Waals surface area contributed by atoms with Gasteiger partial charge in [-0.3, -0.25) is 4.79 Å². The van der Waals surface area contributed by atoms with Crippen molar-refractivity contribution in [3.05, 3.63) is 29.3 Å². The SMILES string of the molecule is COC(=O)[C@@H](N)Cc1cc(F)c(O)c(F)c1. The van der Waals surface area contributed by atoms with Crippen LogP contribution in [-0.4, -0.2) is 24.2 Å². The Labute approximate surface area is 90.6 Å². The van der Waals surface area contributed by atoms with E-state index < -0.39 is 29.4 Å². The van der Waals surface area contributed by atoms with Crippen molar-refractivity contribution >= 4 is 5.97 Å². The standard InChI is InChI=1S/C10H11F2NO3/c1-16-10(15)8(13)4-5-2-6(11)9(14)7(12)3-5/h2-3,8,14H,4,13H2,1H3/t8-/m0/s1. The maximum atomic E-state index is 12.9. The number of halogens is 2. The van der Waals surface area contributed by atoms with Crippen molar-refractivity contribution in [2.75, 3.05) is 7.11 Å². The van der Waals surface area contributed by atoms with E-state index in [-0.39, 0.29) is 12.0 Å². The molecule has 0 amide bonds. The number of nitrogens with two attached hydrogens (primary N) is 1.